The molecule has 112 valence electrons. The highest BCUT2D eigenvalue weighted by Crippen LogP contribution is 2.25. The fourth-order valence-electron chi connectivity index (χ4n) is 3.13. The molecule has 0 aliphatic carbocycles. The highest BCUT2D eigenvalue weighted by molar-refractivity contribution is 5.78. The summed E-state index contributed by atoms with van der Waals surface area (Å²) in [6.07, 6.45) is 3.15. The molecule has 19 heavy (non-hydrogen) atoms. The number of aliphatic carboxylic acids is 1. The Morgan fingerprint density at radius 2 is 2.05 bits per heavy atom. The van der Waals surface area contributed by atoms with Crippen molar-refractivity contribution in [2.24, 2.45) is 5.92 Å². The number of hydrogen-bond donors (Lipinski definition) is 2. The molecule has 1 aliphatic rings. The molecule has 0 bridgehead atoms. The van der Waals surface area contributed by atoms with E-state index in [1.165, 1.54) is 12.8 Å². The maximum Gasteiger partial charge on any atom is 0.323 e. The van der Waals surface area contributed by atoms with E-state index in [1.54, 1.807) is 6.92 Å². The third-order valence-electron chi connectivity index (χ3n) is 4.16. The minimum absolute atomic E-state index is 0.181. The van der Waals surface area contributed by atoms with Crippen LogP contribution in [0.3, 0.4) is 0 Å². The Balaban J connectivity index is 2.59. The fourth-order valence-corrected chi connectivity index (χ4v) is 3.13. The number of carboxylic acids is 1. The average Bonchev–Trinajstić information content (AvgIpc) is 2.73. The molecule has 0 spiro atoms. The summed E-state index contributed by atoms with van der Waals surface area (Å²) in [7, 11) is 0. The lowest BCUT2D eigenvalue weighted by Crippen LogP contribution is -2.54. The smallest absolute Gasteiger partial charge is 0.323 e. The zero-order chi connectivity index (χ0) is 14.6. The maximum absolute atomic E-state index is 11.5. The van der Waals surface area contributed by atoms with E-state index < -0.39 is 11.5 Å². The van der Waals surface area contributed by atoms with Crippen molar-refractivity contribution < 1.29 is 9.90 Å². The molecule has 0 aromatic carbocycles. The van der Waals surface area contributed by atoms with Crippen molar-refractivity contribution in [3.63, 3.8) is 0 Å². The van der Waals surface area contributed by atoms with Crippen LogP contribution in [0.2, 0.25) is 0 Å². The molecule has 4 nitrogen and oxygen atoms in total. The van der Waals surface area contributed by atoms with E-state index in [0.29, 0.717) is 18.4 Å². The van der Waals surface area contributed by atoms with Gasteiger partial charge in [0.1, 0.15) is 5.54 Å². The van der Waals surface area contributed by atoms with Gasteiger partial charge in [-0.3, -0.25) is 10.1 Å². The molecule has 0 amide bonds. The fraction of sp³-hybridized carbons (Fsp3) is 0.933. The molecule has 1 aliphatic heterocycles. The van der Waals surface area contributed by atoms with Gasteiger partial charge in [-0.05, 0) is 52.5 Å². The van der Waals surface area contributed by atoms with Crippen LogP contribution in [0.15, 0.2) is 0 Å². The Morgan fingerprint density at radius 3 is 2.53 bits per heavy atom. The number of likely N-dealkylation sites (tertiary alicyclic amines) is 1. The lowest BCUT2D eigenvalue weighted by atomic mass is 9.95. The average molecular weight is 270 g/mol. The van der Waals surface area contributed by atoms with Crippen LogP contribution in [0, 0.1) is 5.92 Å². The van der Waals surface area contributed by atoms with Crippen molar-refractivity contribution in [2.75, 3.05) is 13.1 Å². The minimum atomic E-state index is -0.821. The van der Waals surface area contributed by atoms with E-state index in [4.69, 9.17) is 0 Å². The van der Waals surface area contributed by atoms with Gasteiger partial charge < -0.3 is 10.0 Å². The Hall–Kier alpha value is -0.610. The van der Waals surface area contributed by atoms with Crippen molar-refractivity contribution in [3.8, 4) is 0 Å². The third kappa shape index (κ3) is 4.46. The van der Waals surface area contributed by atoms with E-state index >= 15 is 0 Å². The van der Waals surface area contributed by atoms with E-state index in [0.717, 1.165) is 13.1 Å². The summed E-state index contributed by atoms with van der Waals surface area (Å²) in [4.78, 5) is 14.0. The molecular formula is C15H30N2O2. The summed E-state index contributed by atoms with van der Waals surface area (Å²) in [5.74, 6) is -0.0989. The number of nitrogens with one attached hydrogen (secondary N) is 1. The van der Waals surface area contributed by atoms with Gasteiger partial charge in [0.15, 0.2) is 0 Å². The Morgan fingerprint density at radius 1 is 1.42 bits per heavy atom. The number of nitrogens with zero attached hydrogens (tertiary/aromatic N) is 1. The molecule has 2 N–H and O–H groups in total. The molecule has 1 heterocycles. The standard InChI is InChI=1S/C15H30N2O2/c1-11(2)13-7-6-9-17(13)10-8-15(5,14(18)19)16-12(3)4/h11-13,16H,6-10H2,1-5H3,(H,18,19). The number of carboxylic acid groups (broad SMARTS) is 1. The Bertz CT molecular complexity index is 305. The van der Waals surface area contributed by atoms with E-state index in [2.05, 4.69) is 24.1 Å². The number of hydrogen-bond acceptors (Lipinski definition) is 3. The number of carbonyl (C=O) groups is 1. The highest BCUT2D eigenvalue weighted by Gasteiger charge is 2.35. The molecule has 0 radical (unpaired) electrons. The van der Waals surface area contributed by atoms with Crippen LogP contribution in [-0.2, 0) is 4.79 Å². The topological polar surface area (TPSA) is 52.6 Å². The van der Waals surface area contributed by atoms with Crippen LogP contribution < -0.4 is 5.32 Å². The normalized spacial score (nSPS) is 24.1. The van der Waals surface area contributed by atoms with Gasteiger partial charge >= 0.3 is 5.97 Å². The second-order valence-corrected chi connectivity index (χ2v) is 6.68. The molecule has 0 aromatic heterocycles. The first kappa shape index (κ1) is 16.4. The minimum Gasteiger partial charge on any atom is -0.480 e. The highest BCUT2D eigenvalue weighted by atomic mass is 16.4. The zero-order valence-corrected chi connectivity index (χ0v) is 13.1. The van der Waals surface area contributed by atoms with Crippen molar-refractivity contribution in [2.45, 2.75) is 71.5 Å². The van der Waals surface area contributed by atoms with Crippen LogP contribution in [0.4, 0.5) is 0 Å². The predicted molar refractivity (Wildman–Crippen MR) is 78.4 cm³/mol. The van der Waals surface area contributed by atoms with E-state index in [9.17, 15) is 9.90 Å². The van der Waals surface area contributed by atoms with Crippen LogP contribution in [0.25, 0.3) is 0 Å². The summed E-state index contributed by atoms with van der Waals surface area (Å²) in [6.45, 7) is 12.3. The molecule has 4 heteroatoms. The molecule has 1 fully saturated rings. The first-order chi connectivity index (χ1) is 8.76. The largest absolute Gasteiger partial charge is 0.480 e. The van der Waals surface area contributed by atoms with E-state index in [1.807, 2.05) is 13.8 Å². The van der Waals surface area contributed by atoms with Crippen LogP contribution in [0.5, 0.6) is 0 Å². The predicted octanol–water partition coefficient (Wildman–Crippen LogP) is 2.34. The molecule has 0 saturated carbocycles. The summed E-state index contributed by atoms with van der Waals surface area (Å²) in [5, 5.41) is 12.6. The quantitative estimate of drug-likeness (QED) is 0.745. The lowest BCUT2D eigenvalue weighted by Gasteiger charge is -2.33. The summed E-state index contributed by atoms with van der Waals surface area (Å²) >= 11 is 0. The number of rotatable bonds is 7. The lowest BCUT2D eigenvalue weighted by molar-refractivity contribution is -0.145. The summed E-state index contributed by atoms with van der Waals surface area (Å²) in [5.41, 5.74) is -0.821. The van der Waals surface area contributed by atoms with Gasteiger partial charge in [0, 0.05) is 18.6 Å². The van der Waals surface area contributed by atoms with Crippen LogP contribution >= 0.6 is 0 Å². The van der Waals surface area contributed by atoms with Gasteiger partial charge in [0.05, 0.1) is 0 Å². The van der Waals surface area contributed by atoms with Crippen molar-refractivity contribution in [3.05, 3.63) is 0 Å². The van der Waals surface area contributed by atoms with Crippen molar-refractivity contribution in [1.29, 1.82) is 0 Å². The van der Waals surface area contributed by atoms with Gasteiger partial charge in [0.2, 0.25) is 0 Å². The molecule has 1 saturated heterocycles. The summed E-state index contributed by atoms with van der Waals surface area (Å²) < 4.78 is 0. The second kappa shape index (κ2) is 6.71. The maximum atomic E-state index is 11.5. The first-order valence-corrected chi connectivity index (χ1v) is 7.51. The molecule has 2 atom stereocenters. The monoisotopic (exact) mass is 270 g/mol. The second-order valence-electron chi connectivity index (χ2n) is 6.68. The van der Waals surface area contributed by atoms with Gasteiger partial charge in [-0.2, -0.15) is 0 Å². The third-order valence-corrected chi connectivity index (χ3v) is 4.16. The van der Waals surface area contributed by atoms with Crippen molar-refractivity contribution >= 4 is 5.97 Å². The molecule has 2 unspecified atom stereocenters. The van der Waals surface area contributed by atoms with Crippen molar-refractivity contribution in [1.82, 2.24) is 10.2 Å². The van der Waals surface area contributed by atoms with Gasteiger partial charge in [0.25, 0.3) is 0 Å². The Labute approximate surface area is 117 Å². The Kier molecular flexibility index (Phi) is 5.81. The molecule has 0 aromatic rings. The van der Waals surface area contributed by atoms with Crippen LogP contribution in [0.1, 0.15) is 53.9 Å². The summed E-state index contributed by atoms with van der Waals surface area (Å²) in [6, 6.07) is 0.803. The SMILES string of the molecule is CC(C)NC(C)(CCN1CCCC1C(C)C)C(=O)O. The van der Waals surface area contributed by atoms with Gasteiger partial charge in [-0.1, -0.05) is 13.8 Å². The first-order valence-electron chi connectivity index (χ1n) is 7.51. The van der Waals surface area contributed by atoms with Crippen LogP contribution in [-0.4, -0.2) is 46.7 Å². The van der Waals surface area contributed by atoms with E-state index in [-0.39, 0.29) is 6.04 Å². The van der Waals surface area contributed by atoms with Gasteiger partial charge in [-0.15, -0.1) is 0 Å². The molecular weight excluding hydrogens is 240 g/mol. The van der Waals surface area contributed by atoms with Gasteiger partial charge in [-0.25, -0.2) is 0 Å². The zero-order valence-electron chi connectivity index (χ0n) is 13.1. The molecule has 1 rings (SSSR count).